The number of hydrogen-bond acceptors (Lipinski definition) is 3. The summed E-state index contributed by atoms with van der Waals surface area (Å²) in [6, 6.07) is 0. The molecule has 0 heterocycles. The van der Waals surface area contributed by atoms with E-state index < -0.39 is 0 Å². The first kappa shape index (κ1) is 14.4. The van der Waals surface area contributed by atoms with Crippen LogP contribution in [0.1, 0.15) is 33.1 Å². The fourth-order valence-corrected chi connectivity index (χ4v) is 1.14. The lowest BCUT2D eigenvalue weighted by molar-refractivity contribution is -0.143. The van der Waals surface area contributed by atoms with Crippen LogP contribution in [0.25, 0.3) is 0 Å². The van der Waals surface area contributed by atoms with Crippen molar-refractivity contribution < 1.29 is 14.3 Å². The van der Waals surface area contributed by atoms with Gasteiger partial charge in [0.1, 0.15) is 0 Å². The molecule has 1 amide bonds. The third kappa shape index (κ3) is 7.36. The van der Waals surface area contributed by atoms with E-state index in [1.54, 1.807) is 6.92 Å². The monoisotopic (exact) mass is 279 g/mol. The topological polar surface area (TPSA) is 55.4 Å². The zero-order valence-electron chi connectivity index (χ0n) is 9.22. The summed E-state index contributed by atoms with van der Waals surface area (Å²) < 4.78 is 4.76. The Morgan fingerprint density at radius 2 is 2.07 bits per heavy atom. The van der Waals surface area contributed by atoms with Crippen LogP contribution in [0.3, 0.4) is 0 Å². The molecule has 1 unspecified atom stereocenters. The number of halogens is 1. The zero-order valence-corrected chi connectivity index (χ0v) is 10.8. The first-order valence-corrected chi connectivity index (χ1v) is 6.10. The van der Waals surface area contributed by atoms with E-state index in [2.05, 4.69) is 21.2 Å². The number of hydrogen-bond donors (Lipinski definition) is 1. The lowest BCUT2D eigenvalue weighted by Gasteiger charge is -2.08. The molecule has 0 aromatic carbocycles. The third-order valence-corrected chi connectivity index (χ3v) is 2.87. The summed E-state index contributed by atoms with van der Waals surface area (Å²) in [5.41, 5.74) is 0. The predicted octanol–water partition coefficient (Wildman–Crippen LogP) is 1.62. The van der Waals surface area contributed by atoms with Crippen LogP contribution in [-0.2, 0) is 14.3 Å². The molecule has 5 heteroatoms. The largest absolute Gasteiger partial charge is 0.466 e. The summed E-state index contributed by atoms with van der Waals surface area (Å²) in [4.78, 5) is 22.1. The normalized spacial score (nSPS) is 11.9. The summed E-state index contributed by atoms with van der Waals surface area (Å²) >= 11 is 3.24. The van der Waals surface area contributed by atoms with E-state index in [-0.39, 0.29) is 16.7 Å². The van der Waals surface area contributed by atoms with E-state index in [9.17, 15) is 9.59 Å². The first-order valence-electron chi connectivity index (χ1n) is 5.19. The second-order valence-corrected chi connectivity index (χ2v) is 4.18. The average molecular weight is 280 g/mol. The fourth-order valence-electron chi connectivity index (χ4n) is 0.974. The molecule has 0 spiro atoms. The van der Waals surface area contributed by atoms with Crippen molar-refractivity contribution in [2.24, 2.45) is 0 Å². The van der Waals surface area contributed by atoms with Gasteiger partial charge in [0.15, 0.2) is 0 Å². The maximum absolute atomic E-state index is 11.3. The quantitative estimate of drug-likeness (QED) is 0.438. The number of rotatable bonds is 7. The first-order chi connectivity index (χ1) is 7.11. The Morgan fingerprint density at radius 1 is 1.40 bits per heavy atom. The molecule has 0 fully saturated rings. The maximum atomic E-state index is 11.3. The number of esters is 1. The van der Waals surface area contributed by atoms with Crippen LogP contribution in [0, 0.1) is 0 Å². The van der Waals surface area contributed by atoms with Gasteiger partial charge in [-0.25, -0.2) is 0 Å². The van der Waals surface area contributed by atoms with Crippen LogP contribution in [0.5, 0.6) is 0 Å². The Hall–Kier alpha value is -0.580. The van der Waals surface area contributed by atoms with Crippen LogP contribution in [0.4, 0.5) is 0 Å². The van der Waals surface area contributed by atoms with Gasteiger partial charge in [0, 0.05) is 13.0 Å². The van der Waals surface area contributed by atoms with Crippen molar-refractivity contribution in [3.63, 3.8) is 0 Å². The van der Waals surface area contributed by atoms with E-state index >= 15 is 0 Å². The molecule has 4 nitrogen and oxygen atoms in total. The highest BCUT2D eigenvalue weighted by Crippen LogP contribution is 2.03. The average Bonchev–Trinajstić information content (AvgIpc) is 2.23. The lowest BCUT2D eigenvalue weighted by Crippen LogP contribution is -2.31. The second kappa shape index (κ2) is 8.71. The molecule has 0 radical (unpaired) electrons. The molecule has 0 aromatic rings. The maximum Gasteiger partial charge on any atom is 0.305 e. The van der Waals surface area contributed by atoms with E-state index in [1.807, 2.05) is 6.92 Å². The smallest absolute Gasteiger partial charge is 0.305 e. The minimum Gasteiger partial charge on any atom is -0.466 e. The third-order valence-electron chi connectivity index (χ3n) is 1.81. The van der Waals surface area contributed by atoms with Crippen LogP contribution in [0.2, 0.25) is 0 Å². The molecule has 0 aromatic heterocycles. The number of carbonyl (C=O) groups excluding carboxylic acids is 2. The molecule has 1 N–H and O–H groups in total. The van der Waals surface area contributed by atoms with Gasteiger partial charge in [-0.1, -0.05) is 22.9 Å². The number of alkyl halides is 1. The molecular formula is C10H18BrNO3. The van der Waals surface area contributed by atoms with Gasteiger partial charge in [-0.05, 0) is 19.8 Å². The van der Waals surface area contributed by atoms with Crippen molar-refractivity contribution in [3.8, 4) is 0 Å². The van der Waals surface area contributed by atoms with Gasteiger partial charge >= 0.3 is 5.97 Å². The summed E-state index contributed by atoms with van der Waals surface area (Å²) in [7, 11) is 0. The molecule has 0 bridgehead atoms. The summed E-state index contributed by atoms with van der Waals surface area (Å²) in [5, 5.41) is 2.74. The van der Waals surface area contributed by atoms with Crippen molar-refractivity contribution in [1.29, 1.82) is 0 Å². The van der Waals surface area contributed by atoms with Gasteiger partial charge in [0.05, 0.1) is 11.4 Å². The van der Waals surface area contributed by atoms with E-state index in [0.29, 0.717) is 26.0 Å². The van der Waals surface area contributed by atoms with Gasteiger partial charge in [-0.15, -0.1) is 0 Å². The Kier molecular flexibility index (Phi) is 8.37. The number of nitrogens with one attached hydrogen (secondary N) is 1. The molecule has 0 aliphatic heterocycles. The van der Waals surface area contributed by atoms with Crippen LogP contribution in [-0.4, -0.2) is 29.9 Å². The highest BCUT2D eigenvalue weighted by Gasteiger charge is 2.11. The van der Waals surface area contributed by atoms with Crippen molar-refractivity contribution in [3.05, 3.63) is 0 Å². The van der Waals surface area contributed by atoms with Crippen molar-refractivity contribution >= 4 is 27.8 Å². The van der Waals surface area contributed by atoms with Gasteiger partial charge < -0.3 is 10.1 Å². The molecule has 0 aliphatic carbocycles. The Labute approximate surface area is 98.9 Å². The predicted molar refractivity (Wildman–Crippen MR) is 61.9 cm³/mol. The van der Waals surface area contributed by atoms with Crippen LogP contribution in [0.15, 0.2) is 0 Å². The summed E-state index contributed by atoms with van der Waals surface area (Å²) in [6.45, 7) is 4.62. The van der Waals surface area contributed by atoms with Gasteiger partial charge in [-0.2, -0.15) is 0 Å². The molecule has 88 valence electrons. The fraction of sp³-hybridized carbons (Fsp3) is 0.800. The molecule has 1 atom stereocenters. The molecule has 0 aliphatic rings. The summed E-state index contributed by atoms with van der Waals surface area (Å²) in [5.74, 6) is -0.237. The number of amides is 1. The van der Waals surface area contributed by atoms with Crippen molar-refractivity contribution in [2.45, 2.75) is 37.9 Å². The second-order valence-electron chi connectivity index (χ2n) is 3.08. The van der Waals surface area contributed by atoms with Crippen LogP contribution < -0.4 is 5.32 Å². The minimum atomic E-state index is -0.211. The molecule has 0 saturated carbocycles. The van der Waals surface area contributed by atoms with E-state index in [1.165, 1.54) is 0 Å². The SMILES string of the molecule is CCOC(=O)CCCNC(=O)C(Br)CC. The van der Waals surface area contributed by atoms with Crippen LogP contribution >= 0.6 is 15.9 Å². The molecular weight excluding hydrogens is 262 g/mol. The number of ether oxygens (including phenoxy) is 1. The zero-order chi connectivity index (χ0) is 11.7. The van der Waals surface area contributed by atoms with E-state index in [0.717, 1.165) is 6.42 Å². The highest BCUT2D eigenvalue weighted by atomic mass is 79.9. The van der Waals surface area contributed by atoms with Gasteiger partial charge in [0.2, 0.25) is 5.91 Å². The Bertz CT molecular complexity index is 209. The molecule has 15 heavy (non-hydrogen) atoms. The Morgan fingerprint density at radius 3 is 2.60 bits per heavy atom. The number of carbonyl (C=O) groups is 2. The van der Waals surface area contributed by atoms with E-state index in [4.69, 9.17) is 4.74 Å². The van der Waals surface area contributed by atoms with Gasteiger partial charge in [-0.3, -0.25) is 9.59 Å². The summed E-state index contributed by atoms with van der Waals surface area (Å²) in [6.07, 6.45) is 1.73. The van der Waals surface area contributed by atoms with Gasteiger partial charge in [0.25, 0.3) is 0 Å². The Balaban J connectivity index is 3.46. The lowest BCUT2D eigenvalue weighted by atomic mass is 10.3. The standard InChI is InChI=1S/C10H18BrNO3/c1-3-8(11)10(14)12-7-5-6-9(13)15-4-2/h8H,3-7H2,1-2H3,(H,12,14). The minimum absolute atomic E-state index is 0.0265. The highest BCUT2D eigenvalue weighted by molar-refractivity contribution is 9.10. The molecule has 0 rings (SSSR count). The van der Waals surface area contributed by atoms with Crippen molar-refractivity contribution in [1.82, 2.24) is 5.32 Å². The molecule has 0 saturated heterocycles. The van der Waals surface area contributed by atoms with Crippen molar-refractivity contribution in [2.75, 3.05) is 13.2 Å².